The second-order valence-electron chi connectivity index (χ2n) is 10.3. The van der Waals surface area contributed by atoms with E-state index < -0.39 is 5.60 Å². The molecule has 0 bridgehead atoms. The minimum absolute atomic E-state index is 0.0152. The number of hydrogen-bond donors (Lipinski definition) is 0. The van der Waals surface area contributed by atoms with Gasteiger partial charge in [0.1, 0.15) is 6.10 Å². The van der Waals surface area contributed by atoms with Crippen molar-refractivity contribution >= 4 is 11.8 Å². The molecule has 0 radical (unpaired) electrons. The third kappa shape index (κ3) is 2.14. The Morgan fingerprint density at radius 1 is 1.15 bits per heavy atom. The zero-order valence-corrected chi connectivity index (χ0v) is 17.0. The second kappa shape index (κ2) is 5.46. The fraction of sp³-hybridized carbons (Fsp3) is 0.826. The molecule has 0 aromatic carbocycles. The Hall–Kier alpha value is -1.16. The van der Waals surface area contributed by atoms with E-state index >= 15 is 0 Å². The number of fused-ring (bicyclic) bond motifs is 7. The monoisotopic (exact) mass is 372 g/mol. The number of carbonyl (C=O) groups is 2. The summed E-state index contributed by atoms with van der Waals surface area (Å²) in [6.07, 6.45) is 10.1. The lowest BCUT2D eigenvalue weighted by molar-refractivity contribution is -0.149. The van der Waals surface area contributed by atoms with Gasteiger partial charge in [-0.2, -0.15) is 0 Å². The largest absolute Gasteiger partial charge is 0.462 e. The van der Waals surface area contributed by atoms with Crippen molar-refractivity contribution < 1.29 is 19.1 Å². The van der Waals surface area contributed by atoms with Crippen molar-refractivity contribution in [2.24, 2.45) is 28.6 Å². The number of carbonyl (C=O) groups excluding carboxylic acids is 2. The lowest BCUT2D eigenvalue weighted by Crippen LogP contribution is -2.54. The second-order valence-corrected chi connectivity index (χ2v) is 10.3. The van der Waals surface area contributed by atoms with E-state index in [1.165, 1.54) is 18.9 Å². The summed E-state index contributed by atoms with van der Waals surface area (Å²) < 4.78 is 11.6. The standard InChI is InChI=1S/C23H32O4/c1-13(24)23-20(27-23)12-19-17-6-5-15-11-16(26-14(2)25)7-9-21(15,3)18(17)8-10-22(19,23)4/h5,16-20H,6-12H2,1-4H3/t16-,17+,18-,19+,20+,21-,22-,23+/m0/s1. The van der Waals surface area contributed by atoms with Crippen molar-refractivity contribution in [1.29, 1.82) is 0 Å². The van der Waals surface area contributed by atoms with Crippen LogP contribution in [0, 0.1) is 28.6 Å². The number of esters is 1. The molecule has 4 aliphatic carbocycles. The molecule has 3 saturated carbocycles. The van der Waals surface area contributed by atoms with Crippen LogP contribution in [0.3, 0.4) is 0 Å². The lowest BCUT2D eigenvalue weighted by atomic mass is 9.47. The summed E-state index contributed by atoms with van der Waals surface area (Å²) in [7, 11) is 0. The molecule has 148 valence electrons. The van der Waals surface area contributed by atoms with Crippen LogP contribution in [0.1, 0.15) is 72.6 Å². The molecule has 0 spiro atoms. The molecule has 0 N–H and O–H groups in total. The molecule has 4 nitrogen and oxygen atoms in total. The first-order valence-electron chi connectivity index (χ1n) is 10.8. The zero-order chi connectivity index (χ0) is 19.2. The average Bonchev–Trinajstić information content (AvgIpc) is 3.27. The number of ketones is 1. The molecule has 0 unspecified atom stereocenters. The van der Waals surface area contributed by atoms with Crippen molar-refractivity contribution in [2.75, 3.05) is 0 Å². The minimum atomic E-state index is -0.472. The third-order valence-electron chi connectivity index (χ3n) is 9.34. The Kier molecular flexibility index (Phi) is 3.62. The Labute approximate surface area is 162 Å². The number of hydrogen-bond acceptors (Lipinski definition) is 4. The van der Waals surface area contributed by atoms with Gasteiger partial charge in [-0.15, -0.1) is 0 Å². The van der Waals surface area contributed by atoms with Crippen LogP contribution in [0.5, 0.6) is 0 Å². The van der Waals surface area contributed by atoms with Crippen molar-refractivity contribution in [1.82, 2.24) is 0 Å². The Balaban J connectivity index is 1.43. The number of allylic oxidation sites excluding steroid dienone is 1. The van der Waals surface area contributed by atoms with E-state index in [0.29, 0.717) is 17.8 Å². The van der Waals surface area contributed by atoms with E-state index in [-0.39, 0.29) is 34.8 Å². The minimum Gasteiger partial charge on any atom is -0.462 e. The summed E-state index contributed by atoms with van der Waals surface area (Å²) >= 11 is 0. The highest BCUT2D eigenvalue weighted by atomic mass is 16.6. The van der Waals surface area contributed by atoms with Gasteiger partial charge in [0.05, 0.1) is 6.10 Å². The molecule has 4 heteroatoms. The summed E-state index contributed by atoms with van der Waals surface area (Å²) in [5.74, 6) is 2.03. The zero-order valence-electron chi connectivity index (χ0n) is 17.0. The van der Waals surface area contributed by atoms with Crippen molar-refractivity contribution in [3.8, 4) is 0 Å². The molecule has 0 aromatic heterocycles. The molecule has 8 atom stereocenters. The molecule has 5 rings (SSSR count). The number of Topliss-reactive ketones (excluding diaryl/α,β-unsaturated/α-hetero) is 1. The van der Waals surface area contributed by atoms with Crippen molar-refractivity contribution in [3.63, 3.8) is 0 Å². The van der Waals surface area contributed by atoms with Crippen LogP contribution in [0.15, 0.2) is 11.6 Å². The highest BCUT2D eigenvalue weighted by Crippen LogP contribution is 2.73. The van der Waals surface area contributed by atoms with Gasteiger partial charge >= 0.3 is 5.97 Å². The third-order valence-corrected chi connectivity index (χ3v) is 9.34. The molecule has 5 aliphatic rings. The van der Waals surface area contributed by atoms with Gasteiger partial charge in [0.2, 0.25) is 0 Å². The van der Waals surface area contributed by atoms with Crippen LogP contribution in [0.2, 0.25) is 0 Å². The Morgan fingerprint density at radius 2 is 1.93 bits per heavy atom. The van der Waals surface area contributed by atoms with Gasteiger partial charge in [-0.05, 0) is 68.6 Å². The average molecular weight is 373 g/mol. The van der Waals surface area contributed by atoms with Crippen molar-refractivity contribution in [3.05, 3.63) is 11.6 Å². The topological polar surface area (TPSA) is 55.9 Å². The molecule has 27 heavy (non-hydrogen) atoms. The SMILES string of the molecule is CC(=O)O[C@H]1CC[C@@]2(C)C(=CC[C@H]3[C@H]4C[C@H]5O[C@@]5(C(C)=O)[C@@]4(C)CC[C@@H]32)C1. The summed E-state index contributed by atoms with van der Waals surface area (Å²) in [6.45, 7) is 8.03. The maximum absolute atomic E-state index is 12.5. The summed E-state index contributed by atoms with van der Waals surface area (Å²) in [5, 5.41) is 0. The van der Waals surface area contributed by atoms with Crippen LogP contribution in [-0.2, 0) is 19.1 Å². The van der Waals surface area contributed by atoms with Gasteiger partial charge in [0, 0.05) is 18.8 Å². The van der Waals surface area contributed by atoms with Gasteiger partial charge in [0.25, 0.3) is 0 Å². The van der Waals surface area contributed by atoms with E-state index in [1.807, 2.05) is 0 Å². The summed E-state index contributed by atoms with van der Waals surface area (Å²) in [6, 6.07) is 0. The molecule has 0 aromatic rings. The van der Waals surface area contributed by atoms with Crippen LogP contribution in [0.4, 0.5) is 0 Å². The fourth-order valence-electron chi connectivity index (χ4n) is 8.03. The van der Waals surface area contributed by atoms with Crippen molar-refractivity contribution in [2.45, 2.75) is 90.4 Å². The smallest absolute Gasteiger partial charge is 0.302 e. The predicted molar refractivity (Wildman–Crippen MR) is 101 cm³/mol. The van der Waals surface area contributed by atoms with E-state index in [0.717, 1.165) is 38.5 Å². The first-order chi connectivity index (χ1) is 12.7. The molecule has 1 aliphatic heterocycles. The summed E-state index contributed by atoms with van der Waals surface area (Å²) in [4.78, 5) is 23.8. The van der Waals surface area contributed by atoms with Gasteiger partial charge < -0.3 is 9.47 Å². The highest BCUT2D eigenvalue weighted by Gasteiger charge is 2.79. The maximum Gasteiger partial charge on any atom is 0.302 e. The van der Waals surface area contributed by atoms with Crippen LogP contribution < -0.4 is 0 Å². The van der Waals surface area contributed by atoms with Crippen LogP contribution in [-0.4, -0.2) is 29.6 Å². The van der Waals surface area contributed by atoms with Gasteiger partial charge in [-0.3, -0.25) is 9.59 Å². The molecule has 1 saturated heterocycles. The normalized spacial score (nSPS) is 52.6. The highest BCUT2D eigenvalue weighted by molar-refractivity contribution is 5.90. The van der Waals surface area contributed by atoms with Gasteiger partial charge in [-0.1, -0.05) is 25.5 Å². The van der Waals surface area contributed by atoms with E-state index in [9.17, 15) is 9.59 Å². The van der Waals surface area contributed by atoms with E-state index in [1.54, 1.807) is 6.92 Å². The van der Waals surface area contributed by atoms with Gasteiger partial charge in [-0.25, -0.2) is 0 Å². The van der Waals surface area contributed by atoms with Gasteiger partial charge in [0.15, 0.2) is 11.4 Å². The molecular formula is C23H32O4. The Morgan fingerprint density at radius 3 is 2.63 bits per heavy atom. The first kappa shape index (κ1) is 17.9. The molecule has 1 heterocycles. The number of rotatable bonds is 2. The predicted octanol–water partition coefficient (Wildman–Crippen LogP) is 4.22. The number of epoxide rings is 1. The van der Waals surface area contributed by atoms with E-state index in [2.05, 4.69) is 19.9 Å². The van der Waals surface area contributed by atoms with Crippen LogP contribution in [0.25, 0.3) is 0 Å². The summed E-state index contributed by atoms with van der Waals surface area (Å²) in [5.41, 5.74) is 1.30. The maximum atomic E-state index is 12.5. The quantitative estimate of drug-likeness (QED) is 0.414. The lowest BCUT2D eigenvalue weighted by Gasteiger charge is -2.58. The fourth-order valence-corrected chi connectivity index (χ4v) is 8.03. The van der Waals surface area contributed by atoms with Crippen LogP contribution >= 0.6 is 0 Å². The first-order valence-corrected chi connectivity index (χ1v) is 10.8. The molecular weight excluding hydrogens is 340 g/mol. The molecule has 4 fully saturated rings. The Bertz CT molecular complexity index is 741. The van der Waals surface area contributed by atoms with E-state index in [4.69, 9.17) is 9.47 Å². The molecule has 0 amide bonds. The number of ether oxygens (including phenoxy) is 2.